The van der Waals surface area contributed by atoms with Crippen LogP contribution in [0.3, 0.4) is 0 Å². The molecule has 0 aliphatic rings. The molecular weight excluding hydrogens is 464 g/mol. The molecular formula is C24H23ClN2O5S. The van der Waals surface area contributed by atoms with Crippen LogP contribution in [0.25, 0.3) is 0 Å². The maximum absolute atomic E-state index is 12.7. The molecule has 0 saturated carbocycles. The summed E-state index contributed by atoms with van der Waals surface area (Å²) in [5, 5.41) is 2.64. The summed E-state index contributed by atoms with van der Waals surface area (Å²) in [4.78, 5) is 24.1. The fourth-order valence-electron chi connectivity index (χ4n) is 2.94. The van der Waals surface area contributed by atoms with Gasteiger partial charge >= 0.3 is 5.97 Å². The molecule has 3 aromatic rings. The monoisotopic (exact) mass is 486 g/mol. The predicted octanol–water partition coefficient (Wildman–Crippen LogP) is 3.33. The number of benzene rings is 3. The molecule has 0 heterocycles. The van der Waals surface area contributed by atoms with Crippen LogP contribution in [0.2, 0.25) is 5.02 Å². The first-order valence-electron chi connectivity index (χ1n) is 10.2. The van der Waals surface area contributed by atoms with Crippen LogP contribution < -0.4 is 10.0 Å². The summed E-state index contributed by atoms with van der Waals surface area (Å²) in [7, 11) is -3.98. The van der Waals surface area contributed by atoms with Crippen LogP contribution >= 0.6 is 11.6 Å². The fraction of sp³-hybridized carbons (Fsp3) is 0.167. The van der Waals surface area contributed by atoms with Crippen molar-refractivity contribution in [1.29, 1.82) is 0 Å². The number of nitrogens with one attached hydrogen (secondary N) is 2. The third-order valence-electron chi connectivity index (χ3n) is 4.68. The Kier molecular flexibility index (Phi) is 8.59. The van der Waals surface area contributed by atoms with Crippen LogP contribution in [0.1, 0.15) is 21.5 Å². The second kappa shape index (κ2) is 11.6. The summed E-state index contributed by atoms with van der Waals surface area (Å²) in [6, 6.07) is 22.4. The molecule has 0 fully saturated rings. The van der Waals surface area contributed by atoms with Crippen molar-refractivity contribution in [2.45, 2.75) is 17.9 Å². The van der Waals surface area contributed by atoms with E-state index in [-0.39, 0.29) is 22.0 Å². The first kappa shape index (κ1) is 24.4. The van der Waals surface area contributed by atoms with Crippen molar-refractivity contribution in [2.75, 3.05) is 13.2 Å². The third-order valence-corrected chi connectivity index (χ3v) is 6.56. The molecule has 0 atom stereocenters. The van der Waals surface area contributed by atoms with Gasteiger partial charge in [0.1, 0.15) is 4.90 Å². The molecule has 7 nitrogen and oxygen atoms in total. The average molecular weight is 487 g/mol. The van der Waals surface area contributed by atoms with Gasteiger partial charge < -0.3 is 10.1 Å². The lowest BCUT2D eigenvalue weighted by atomic mass is 10.1. The molecule has 0 saturated heterocycles. The quantitative estimate of drug-likeness (QED) is 0.428. The lowest BCUT2D eigenvalue weighted by Gasteiger charge is -2.11. The maximum Gasteiger partial charge on any atom is 0.338 e. The van der Waals surface area contributed by atoms with Crippen LogP contribution in [0.5, 0.6) is 0 Å². The SMILES string of the molecule is O=C(COC(=O)c1ccc(Cl)c(S(=O)(=O)NCc2ccccc2)c1)NCCc1ccccc1. The Balaban J connectivity index is 1.55. The second-order valence-electron chi connectivity index (χ2n) is 7.12. The highest BCUT2D eigenvalue weighted by Crippen LogP contribution is 2.23. The minimum atomic E-state index is -3.98. The van der Waals surface area contributed by atoms with Crippen LogP contribution in [-0.4, -0.2) is 33.4 Å². The molecule has 0 aromatic heterocycles. The Morgan fingerprint density at radius 3 is 2.18 bits per heavy atom. The standard InChI is InChI=1S/C24H23ClN2O5S/c25-21-12-11-20(15-22(21)33(30,31)27-16-19-9-5-2-6-10-19)24(29)32-17-23(28)26-14-13-18-7-3-1-4-8-18/h1-12,15,27H,13-14,16-17H2,(H,26,28). The number of rotatable bonds is 10. The van der Waals surface area contributed by atoms with Crippen LogP contribution in [-0.2, 0) is 32.5 Å². The van der Waals surface area contributed by atoms with Gasteiger partial charge in [-0.05, 0) is 35.7 Å². The molecule has 172 valence electrons. The van der Waals surface area contributed by atoms with E-state index in [9.17, 15) is 18.0 Å². The summed E-state index contributed by atoms with van der Waals surface area (Å²) in [6.45, 7) is -0.0151. The lowest BCUT2D eigenvalue weighted by molar-refractivity contribution is -0.124. The first-order chi connectivity index (χ1) is 15.8. The molecule has 3 aromatic carbocycles. The Morgan fingerprint density at radius 1 is 0.879 bits per heavy atom. The van der Waals surface area contributed by atoms with Crippen LogP contribution in [0, 0.1) is 0 Å². The largest absolute Gasteiger partial charge is 0.452 e. The minimum Gasteiger partial charge on any atom is -0.452 e. The second-order valence-corrected chi connectivity index (χ2v) is 9.26. The van der Waals surface area contributed by atoms with Crippen molar-refractivity contribution in [3.05, 3.63) is 101 Å². The Labute approximate surface area is 197 Å². The van der Waals surface area contributed by atoms with E-state index in [1.807, 2.05) is 36.4 Å². The molecule has 33 heavy (non-hydrogen) atoms. The van der Waals surface area contributed by atoms with Crippen molar-refractivity contribution >= 4 is 33.5 Å². The van der Waals surface area contributed by atoms with Crippen molar-refractivity contribution in [2.24, 2.45) is 0 Å². The van der Waals surface area contributed by atoms with E-state index in [1.165, 1.54) is 12.1 Å². The van der Waals surface area contributed by atoms with Gasteiger partial charge in [0.25, 0.3) is 5.91 Å². The molecule has 2 N–H and O–H groups in total. The summed E-state index contributed by atoms with van der Waals surface area (Å²) >= 11 is 6.07. The first-order valence-corrected chi connectivity index (χ1v) is 12.0. The van der Waals surface area contributed by atoms with Crippen molar-refractivity contribution in [3.63, 3.8) is 0 Å². The zero-order valence-corrected chi connectivity index (χ0v) is 19.2. The normalized spacial score (nSPS) is 11.1. The van der Waals surface area contributed by atoms with Crippen molar-refractivity contribution in [3.8, 4) is 0 Å². The van der Waals surface area contributed by atoms with E-state index >= 15 is 0 Å². The zero-order chi connectivity index (χ0) is 23.7. The summed E-state index contributed by atoms with van der Waals surface area (Å²) in [5.41, 5.74) is 1.81. The molecule has 0 bridgehead atoms. The minimum absolute atomic E-state index is 0.0310. The Morgan fingerprint density at radius 2 is 1.52 bits per heavy atom. The van der Waals surface area contributed by atoms with Gasteiger partial charge in [0.2, 0.25) is 10.0 Å². The highest BCUT2D eigenvalue weighted by atomic mass is 35.5. The molecule has 0 radical (unpaired) electrons. The van der Waals surface area contributed by atoms with Gasteiger partial charge in [0, 0.05) is 13.1 Å². The van der Waals surface area contributed by atoms with E-state index < -0.39 is 28.5 Å². The Hall–Kier alpha value is -3.20. The van der Waals surface area contributed by atoms with Gasteiger partial charge in [0.05, 0.1) is 10.6 Å². The molecule has 0 aliphatic heterocycles. The van der Waals surface area contributed by atoms with Crippen molar-refractivity contribution in [1.82, 2.24) is 10.0 Å². The van der Waals surface area contributed by atoms with E-state index in [1.54, 1.807) is 24.3 Å². The molecule has 0 unspecified atom stereocenters. The number of amides is 1. The summed E-state index contributed by atoms with van der Waals surface area (Å²) < 4.78 is 32.9. The number of hydrogen-bond donors (Lipinski definition) is 2. The maximum atomic E-state index is 12.7. The van der Waals surface area contributed by atoms with Crippen LogP contribution in [0.15, 0.2) is 83.8 Å². The number of halogens is 1. The van der Waals surface area contributed by atoms with Gasteiger partial charge in [-0.3, -0.25) is 4.79 Å². The molecule has 9 heteroatoms. The summed E-state index contributed by atoms with van der Waals surface area (Å²) in [5.74, 6) is -1.28. The van der Waals surface area contributed by atoms with Crippen molar-refractivity contribution < 1.29 is 22.7 Å². The van der Waals surface area contributed by atoms with E-state index in [0.29, 0.717) is 13.0 Å². The zero-order valence-electron chi connectivity index (χ0n) is 17.7. The van der Waals surface area contributed by atoms with E-state index in [4.69, 9.17) is 16.3 Å². The highest BCUT2D eigenvalue weighted by Gasteiger charge is 2.21. The van der Waals surface area contributed by atoms with Crippen LogP contribution in [0.4, 0.5) is 0 Å². The third kappa shape index (κ3) is 7.42. The lowest BCUT2D eigenvalue weighted by Crippen LogP contribution is -2.30. The Bertz CT molecular complexity index is 1200. The van der Waals surface area contributed by atoms with Gasteiger partial charge in [-0.1, -0.05) is 72.3 Å². The van der Waals surface area contributed by atoms with Gasteiger partial charge in [-0.25, -0.2) is 17.9 Å². The van der Waals surface area contributed by atoms with Gasteiger partial charge in [-0.15, -0.1) is 0 Å². The molecule has 0 spiro atoms. The fourth-order valence-corrected chi connectivity index (χ4v) is 4.49. The average Bonchev–Trinajstić information content (AvgIpc) is 2.83. The topological polar surface area (TPSA) is 102 Å². The molecule has 1 amide bonds. The smallest absolute Gasteiger partial charge is 0.338 e. The highest BCUT2D eigenvalue weighted by molar-refractivity contribution is 7.89. The number of carbonyl (C=O) groups excluding carboxylic acids is 2. The number of carbonyl (C=O) groups is 2. The molecule has 0 aliphatic carbocycles. The number of ether oxygens (including phenoxy) is 1. The number of sulfonamides is 1. The molecule has 3 rings (SSSR count). The van der Waals surface area contributed by atoms with E-state index in [0.717, 1.165) is 17.2 Å². The summed E-state index contributed by atoms with van der Waals surface area (Å²) in [6.07, 6.45) is 0.648. The van der Waals surface area contributed by atoms with E-state index in [2.05, 4.69) is 10.0 Å². The van der Waals surface area contributed by atoms with Gasteiger partial charge in [0.15, 0.2) is 6.61 Å². The predicted molar refractivity (Wildman–Crippen MR) is 125 cm³/mol. The van der Waals surface area contributed by atoms with Gasteiger partial charge in [-0.2, -0.15) is 0 Å². The number of esters is 1. The number of hydrogen-bond acceptors (Lipinski definition) is 5.